The summed E-state index contributed by atoms with van der Waals surface area (Å²) in [4.78, 5) is 14.6. The molecule has 15 heavy (non-hydrogen) atoms. The number of nitrogens with zero attached hydrogens (tertiary/aromatic N) is 2. The zero-order chi connectivity index (χ0) is 9.97. The maximum atomic E-state index is 10.7. The number of rotatable bonds is 2. The molecule has 0 aliphatic rings. The Morgan fingerprint density at radius 3 is 2.87 bits per heavy atom. The van der Waals surface area contributed by atoms with E-state index in [2.05, 4.69) is 14.7 Å². The Hall–Kier alpha value is -1.17. The third kappa shape index (κ3) is 2.44. The van der Waals surface area contributed by atoms with E-state index in [1.807, 2.05) is 0 Å². The van der Waals surface area contributed by atoms with Crippen LogP contribution in [-0.2, 0) is 0 Å². The normalized spacial score (nSPS) is 9.33. The van der Waals surface area contributed by atoms with Crippen molar-refractivity contribution in [2.24, 2.45) is 0 Å². The van der Waals surface area contributed by atoms with Crippen LogP contribution in [0.5, 0.6) is 0 Å². The van der Waals surface area contributed by atoms with E-state index >= 15 is 0 Å². The molecule has 72 valence electrons. The van der Waals surface area contributed by atoms with Crippen molar-refractivity contribution < 1.29 is 14.4 Å². The average Bonchev–Trinajstić information content (AvgIpc) is 2.67. The van der Waals surface area contributed by atoms with Crippen LogP contribution in [0.3, 0.4) is 0 Å². The van der Waals surface area contributed by atoms with Gasteiger partial charge in [0.25, 0.3) is 0 Å². The Morgan fingerprint density at radius 1 is 1.47 bits per heavy atom. The van der Waals surface area contributed by atoms with Gasteiger partial charge in [-0.05, 0) is 12.1 Å². The van der Waals surface area contributed by atoms with Gasteiger partial charge in [-0.25, -0.2) is 4.79 Å². The summed E-state index contributed by atoms with van der Waals surface area (Å²) >= 11 is 0. The fourth-order valence-electron chi connectivity index (χ4n) is 1.10. The number of carbonyl (C=O) groups is 1. The molecule has 2 heterocycles. The van der Waals surface area contributed by atoms with Crippen LogP contribution >= 0.6 is 0 Å². The Bertz CT molecular complexity index is 455. The molecule has 0 amide bonds. The Morgan fingerprint density at radius 2 is 2.27 bits per heavy atom. The van der Waals surface area contributed by atoms with Crippen LogP contribution < -0.4 is 0 Å². The third-order valence-electron chi connectivity index (χ3n) is 1.74. The first-order chi connectivity index (χ1) is 6.79. The predicted molar refractivity (Wildman–Crippen MR) is 53.8 cm³/mol. The fraction of sp³-hybridized carbons (Fsp3) is 0. The standard InChI is InChI=1S/C9H6N2O3.Na.H/c12-9(13)7-5-14-11-8(7)6-2-1-3-10-4-6;;/h1-5H,(H,12,13);;. The van der Waals surface area contributed by atoms with Crippen LogP contribution in [0, 0.1) is 0 Å². The van der Waals surface area contributed by atoms with Crippen molar-refractivity contribution in [2.75, 3.05) is 0 Å². The molecule has 0 unspecified atom stereocenters. The Kier molecular flexibility index (Phi) is 4.02. The molecule has 0 saturated heterocycles. The van der Waals surface area contributed by atoms with Gasteiger partial charge in [0.05, 0.1) is 0 Å². The van der Waals surface area contributed by atoms with E-state index in [1.165, 1.54) is 6.20 Å². The van der Waals surface area contributed by atoms with Crippen LogP contribution in [-0.4, -0.2) is 50.8 Å². The summed E-state index contributed by atoms with van der Waals surface area (Å²) in [5.41, 5.74) is 0.960. The molecule has 0 radical (unpaired) electrons. The van der Waals surface area contributed by atoms with Gasteiger partial charge in [0.15, 0.2) is 0 Å². The van der Waals surface area contributed by atoms with Gasteiger partial charge in [-0.1, -0.05) is 5.16 Å². The van der Waals surface area contributed by atoms with Crippen molar-refractivity contribution in [1.82, 2.24) is 10.1 Å². The molecule has 2 aromatic heterocycles. The van der Waals surface area contributed by atoms with Crippen molar-refractivity contribution in [3.8, 4) is 11.3 Å². The summed E-state index contributed by atoms with van der Waals surface area (Å²) in [6.45, 7) is 0. The van der Waals surface area contributed by atoms with Crippen LogP contribution in [0.2, 0.25) is 0 Å². The zero-order valence-corrected chi connectivity index (χ0v) is 7.04. The topological polar surface area (TPSA) is 76.2 Å². The second-order valence-corrected chi connectivity index (χ2v) is 2.62. The van der Waals surface area contributed by atoms with Crippen LogP contribution in [0.25, 0.3) is 11.3 Å². The zero-order valence-electron chi connectivity index (χ0n) is 7.04. The summed E-state index contributed by atoms with van der Waals surface area (Å²) in [6, 6.07) is 3.42. The van der Waals surface area contributed by atoms with Crippen LogP contribution in [0.4, 0.5) is 0 Å². The summed E-state index contributed by atoms with van der Waals surface area (Å²) in [6.07, 6.45) is 4.24. The fourth-order valence-corrected chi connectivity index (χ4v) is 1.10. The van der Waals surface area contributed by atoms with E-state index in [-0.39, 0.29) is 35.1 Å². The first kappa shape index (κ1) is 11.9. The molecule has 0 saturated carbocycles. The first-order valence-corrected chi connectivity index (χ1v) is 3.87. The van der Waals surface area contributed by atoms with Gasteiger partial charge in [-0.3, -0.25) is 4.98 Å². The summed E-state index contributed by atoms with van der Waals surface area (Å²) in [5.74, 6) is -1.06. The van der Waals surface area contributed by atoms with Gasteiger partial charge in [0.2, 0.25) is 0 Å². The minimum absolute atomic E-state index is 0. The summed E-state index contributed by atoms with van der Waals surface area (Å²) in [7, 11) is 0. The Balaban J connectivity index is 0.00000112. The van der Waals surface area contributed by atoms with Gasteiger partial charge >= 0.3 is 35.5 Å². The average molecular weight is 214 g/mol. The molecule has 0 spiro atoms. The number of pyridine rings is 1. The van der Waals surface area contributed by atoms with Gasteiger partial charge in [-0.2, -0.15) is 0 Å². The van der Waals surface area contributed by atoms with E-state index in [1.54, 1.807) is 18.3 Å². The first-order valence-electron chi connectivity index (χ1n) is 3.87. The van der Waals surface area contributed by atoms with E-state index < -0.39 is 5.97 Å². The van der Waals surface area contributed by atoms with Crippen molar-refractivity contribution in [3.05, 3.63) is 36.4 Å². The van der Waals surface area contributed by atoms with Gasteiger partial charge in [-0.15, -0.1) is 0 Å². The molecule has 0 atom stereocenters. The van der Waals surface area contributed by atoms with E-state index in [9.17, 15) is 4.79 Å². The van der Waals surface area contributed by atoms with Gasteiger partial charge in [0, 0.05) is 18.0 Å². The van der Waals surface area contributed by atoms with Crippen molar-refractivity contribution in [1.29, 1.82) is 0 Å². The summed E-state index contributed by atoms with van der Waals surface area (Å²) < 4.78 is 4.60. The molecule has 1 N–H and O–H groups in total. The minimum atomic E-state index is -1.06. The van der Waals surface area contributed by atoms with Gasteiger partial charge < -0.3 is 9.63 Å². The number of aromatic nitrogens is 2. The van der Waals surface area contributed by atoms with E-state index in [0.29, 0.717) is 11.3 Å². The number of carboxylic acid groups (broad SMARTS) is 1. The van der Waals surface area contributed by atoms with Crippen LogP contribution in [0.15, 0.2) is 35.3 Å². The van der Waals surface area contributed by atoms with E-state index in [0.717, 1.165) is 6.26 Å². The van der Waals surface area contributed by atoms with Crippen molar-refractivity contribution in [2.45, 2.75) is 0 Å². The molecule has 0 aliphatic carbocycles. The SMILES string of the molecule is O=C(O)c1conc1-c1cccnc1.[NaH]. The monoisotopic (exact) mass is 214 g/mol. The second-order valence-electron chi connectivity index (χ2n) is 2.62. The van der Waals surface area contributed by atoms with Crippen molar-refractivity contribution in [3.63, 3.8) is 0 Å². The maximum absolute atomic E-state index is 10.7. The predicted octanol–water partition coefficient (Wildman–Crippen LogP) is 0.786. The molecule has 0 bridgehead atoms. The molecule has 5 nitrogen and oxygen atoms in total. The number of aromatic carboxylic acids is 1. The quantitative estimate of drug-likeness (QED) is 0.748. The molecule has 2 rings (SSSR count). The second kappa shape index (κ2) is 5.06. The Labute approximate surface area is 107 Å². The molecule has 0 aliphatic heterocycles. The third-order valence-corrected chi connectivity index (χ3v) is 1.74. The molecule has 0 fully saturated rings. The molecule has 0 aromatic carbocycles. The molecule has 2 aromatic rings. The molecule has 6 heteroatoms. The summed E-state index contributed by atoms with van der Waals surface area (Å²) in [5, 5.41) is 12.4. The van der Waals surface area contributed by atoms with Gasteiger partial charge in [0.1, 0.15) is 17.5 Å². The number of hydrogen-bond donors (Lipinski definition) is 1. The van der Waals surface area contributed by atoms with E-state index in [4.69, 9.17) is 5.11 Å². The van der Waals surface area contributed by atoms with Crippen molar-refractivity contribution >= 4 is 35.5 Å². The molecular formula is C9H7N2NaO3. The van der Waals surface area contributed by atoms with Crippen LogP contribution in [0.1, 0.15) is 10.4 Å². The number of carboxylic acids is 1. The number of hydrogen-bond acceptors (Lipinski definition) is 4. The molecular weight excluding hydrogens is 207 g/mol.